The zero-order chi connectivity index (χ0) is 17.3. The van der Waals surface area contributed by atoms with Crippen LogP contribution in [0, 0.1) is 0 Å². The van der Waals surface area contributed by atoms with Gasteiger partial charge in [-0.3, -0.25) is 9.59 Å². The Labute approximate surface area is 154 Å². The minimum Gasteiger partial charge on any atom is -0.363 e. The van der Waals surface area contributed by atoms with Crippen LogP contribution in [0.15, 0.2) is 36.4 Å². The van der Waals surface area contributed by atoms with Crippen LogP contribution < -0.4 is 10.2 Å². The maximum Gasteiger partial charge on any atom is 0.293 e. The van der Waals surface area contributed by atoms with Gasteiger partial charge in [0.25, 0.3) is 5.91 Å². The van der Waals surface area contributed by atoms with Crippen LogP contribution in [0.25, 0.3) is 0 Å². The van der Waals surface area contributed by atoms with Crippen molar-refractivity contribution in [3.05, 3.63) is 57.0 Å². The number of nitrogens with zero attached hydrogens (tertiary/aromatic N) is 1. The van der Waals surface area contributed by atoms with E-state index in [4.69, 9.17) is 34.8 Å². The predicted octanol–water partition coefficient (Wildman–Crippen LogP) is 4.22. The first kappa shape index (κ1) is 17.1. The predicted molar refractivity (Wildman–Crippen MR) is 97.5 cm³/mol. The lowest BCUT2D eigenvalue weighted by Crippen LogP contribution is -2.35. The zero-order valence-electron chi connectivity index (χ0n) is 12.5. The summed E-state index contributed by atoms with van der Waals surface area (Å²) in [5.41, 5.74) is 2.43. The number of carbonyl (C=O) groups is 2. The van der Waals surface area contributed by atoms with E-state index in [1.165, 1.54) is 17.7 Å². The quantitative estimate of drug-likeness (QED) is 0.635. The highest BCUT2D eigenvalue weighted by atomic mass is 35.5. The molecule has 2 aromatic carbocycles. The lowest BCUT2D eigenvalue weighted by atomic mass is 10.2. The molecule has 0 saturated carbocycles. The Bertz CT molecular complexity index is 823. The molecule has 7 heteroatoms. The molecule has 0 aromatic heterocycles. The second kappa shape index (κ2) is 7.01. The Balaban J connectivity index is 1.68. The van der Waals surface area contributed by atoms with Crippen LogP contribution in [-0.2, 0) is 16.0 Å². The summed E-state index contributed by atoms with van der Waals surface area (Å²) < 4.78 is 0. The lowest BCUT2D eigenvalue weighted by molar-refractivity contribution is -0.134. The minimum atomic E-state index is -0.736. The van der Waals surface area contributed by atoms with Gasteiger partial charge in [-0.05, 0) is 30.2 Å². The minimum absolute atomic E-state index is 0.0157. The van der Waals surface area contributed by atoms with Gasteiger partial charge in [0.2, 0.25) is 5.78 Å². The average molecular weight is 384 g/mol. The first-order valence-corrected chi connectivity index (χ1v) is 8.40. The fraction of sp³-hybridized carbons (Fsp3) is 0.176. The number of amides is 1. The van der Waals surface area contributed by atoms with Gasteiger partial charge < -0.3 is 10.2 Å². The van der Waals surface area contributed by atoms with Gasteiger partial charge in [0, 0.05) is 12.2 Å². The lowest BCUT2D eigenvalue weighted by Gasteiger charge is -2.18. The van der Waals surface area contributed by atoms with E-state index in [-0.39, 0.29) is 27.3 Å². The number of rotatable bonds is 4. The Morgan fingerprint density at radius 3 is 2.54 bits per heavy atom. The van der Waals surface area contributed by atoms with E-state index in [0.29, 0.717) is 6.54 Å². The summed E-state index contributed by atoms with van der Waals surface area (Å²) in [5.74, 6) is -1.28. The molecular formula is C17H13Cl3N2O2. The molecule has 0 radical (unpaired) electrons. The summed E-state index contributed by atoms with van der Waals surface area (Å²) in [4.78, 5) is 26.3. The molecule has 1 aliphatic rings. The van der Waals surface area contributed by atoms with Gasteiger partial charge in [0.05, 0.1) is 27.3 Å². The molecular weight excluding hydrogens is 371 g/mol. The Morgan fingerprint density at radius 1 is 1.04 bits per heavy atom. The van der Waals surface area contributed by atoms with E-state index < -0.39 is 11.7 Å². The first-order valence-electron chi connectivity index (χ1n) is 7.27. The number of Topliss-reactive ketones (excluding diaryl/α,β-unsaturated/α-hetero) is 1. The molecule has 3 rings (SSSR count). The summed E-state index contributed by atoms with van der Waals surface area (Å²) in [6.07, 6.45) is 0.865. The molecule has 0 bridgehead atoms. The van der Waals surface area contributed by atoms with Gasteiger partial charge in [0.1, 0.15) is 0 Å². The van der Waals surface area contributed by atoms with Crippen molar-refractivity contribution in [1.82, 2.24) is 0 Å². The second-order valence-electron chi connectivity index (χ2n) is 5.42. The van der Waals surface area contributed by atoms with Crippen molar-refractivity contribution in [3.63, 3.8) is 0 Å². The number of benzene rings is 2. The summed E-state index contributed by atoms with van der Waals surface area (Å²) in [6, 6.07) is 10.7. The fourth-order valence-corrected chi connectivity index (χ4v) is 3.22. The number of halogens is 3. The molecule has 1 amide bonds. The molecule has 0 saturated heterocycles. The normalized spacial score (nSPS) is 12.9. The molecule has 1 heterocycles. The van der Waals surface area contributed by atoms with Crippen LogP contribution in [0.1, 0.15) is 5.56 Å². The van der Waals surface area contributed by atoms with Crippen molar-refractivity contribution < 1.29 is 9.59 Å². The molecule has 0 atom stereocenters. The maximum absolute atomic E-state index is 12.2. The van der Waals surface area contributed by atoms with E-state index in [0.717, 1.165) is 12.1 Å². The molecule has 0 spiro atoms. The number of anilines is 2. The van der Waals surface area contributed by atoms with Crippen LogP contribution in [0.2, 0.25) is 15.1 Å². The molecule has 4 nitrogen and oxygen atoms in total. The Hall–Kier alpha value is -1.75. The average Bonchev–Trinajstić information content (AvgIpc) is 2.95. The smallest absolute Gasteiger partial charge is 0.293 e. The number of carbonyl (C=O) groups excluding carboxylic acids is 2. The van der Waals surface area contributed by atoms with Crippen molar-refractivity contribution in [2.24, 2.45) is 0 Å². The van der Waals surface area contributed by atoms with Gasteiger partial charge in [-0.1, -0.05) is 53.0 Å². The third kappa shape index (κ3) is 3.51. The monoisotopic (exact) mass is 382 g/mol. The Kier molecular flexibility index (Phi) is 4.99. The van der Waals surface area contributed by atoms with Crippen LogP contribution in [-0.4, -0.2) is 24.8 Å². The number of ketones is 1. The zero-order valence-corrected chi connectivity index (χ0v) is 14.8. The highest BCUT2D eigenvalue weighted by Gasteiger charge is 2.24. The number of nitrogens with one attached hydrogen (secondary N) is 1. The van der Waals surface area contributed by atoms with Crippen molar-refractivity contribution >= 4 is 57.9 Å². The largest absolute Gasteiger partial charge is 0.363 e. The molecule has 1 aliphatic heterocycles. The molecule has 0 aliphatic carbocycles. The fourth-order valence-electron chi connectivity index (χ4n) is 2.63. The molecule has 2 aromatic rings. The van der Waals surface area contributed by atoms with Crippen LogP contribution in [0.3, 0.4) is 0 Å². The first-order chi connectivity index (χ1) is 11.5. The number of hydrogen-bond acceptors (Lipinski definition) is 3. The van der Waals surface area contributed by atoms with Crippen LogP contribution in [0.4, 0.5) is 11.4 Å². The summed E-state index contributed by atoms with van der Waals surface area (Å²) in [7, 11) is 0. The van der Waals surface area contributed by atoms with E-state index in [1.807, 2.05) is 29.2 Å². The molecule has 0 unspecified atom stereocenters. The van der Waals surface area contributed by atoms with Crippen LogP contribution >= 0.6 is 34.8 Å². The SMILES string of the molecule is O=C(CN1CCc2ccccc21)C(=O)Nc1cc(Cl)c(Cl)cc1Cl. The molecule has 124 valence electrons. The Morgan fingerprint density at radius 2 is 1.75 bits per heavy atom. The third-order valence-electron chi connectivity index (χ3n) is 3.83. The van der Waals surface area contributed by atoms with Gasteiger partial charge in [0.15, 0.2) is 0 Å². The van der Waals surface area contributed by atoms with Crippen molar-refractivity contribution in [2.45, 2.75) is 6.42 Å². The van der Waals surface area contributed by atoms with Crippen molar-refractivity contribution in [3.8, 4) is 0 Å². The van der Waals surface area contributed by atoms with Gasteiger partial charge in [-0.2, -0.15) is 0 Å². The molecule has 24 heavy (non-hydrogen) atoms. The topological polar surface area (TPSA) is 49.4 Å². The van der Waals surface area contributed by atoms with E-state index in [2.05, 4.69) is 5.32 Å². The van der Waals surface area contributed by atoms with Crippen molar-refractivity contribution in [1.29, 1.82) is 0 Å². The van der Waals surface area contributed by atoms with Crippen LogP contribution in [0.5, 0.6) is 0 Å². The van der Waals surface area contributed by atoms with Gasteiger partial charge in [-0.25, -0.2) is 0 Å². The van der Waals surface area contributed by atoms with E-state index in [9.17, 15) is 9.59 Å². The van der Waals surface area contributed by atoms with E-state index >= 15 is 0 Å². The molecule has 0 fully saturated rings. The van der Waals surface area contributed by atoms with Gasteiger partial charge >= 0.3 is 0 Å². The summed E-state index contributed by atoms with van der Waals surface area (Å²) in [5, 5.41) is 3.23. The van der Waals surface area contributed by atoms with Crippen molar-refractivity contribution in [2.75, 3.05) is 23.3 Å². The second-order valence-corrected chi connectivity index (χ2v) is 6.65. The standard InChI is InChI=1S/C17H13Cl3N2O2/c18-11-7-13(20)14(8-12(11)19)21-17(24)16(23)9-22-6-5-10-3-1-2-4-15(10)22/h1-4,7-8H,5-6,9H2,(H,21,24). The highest BCUT2D eigenvalue weighted by molar-refractivity contribution is 6.46. The third-order valence-corrected chi connectivity index (χ3v) is 4.86. The maximum atomic E-state index is 12.2. The molecule has 1 N–H and O–H groups in total. The highest BCUT2D eigenvalue weighted by Crippen LogP contribution is 2.32. The number of hydrogen-bond donors (Lipinski definition) is 1. The number of fused-ring (bicyclic) bond motifs is 1. The summed E-state index contributed by atoms with van der Waals surface area (Å²) in [6.45, 7) is 0.730. The van der Waals surface area contributed by atoms with Gasteiger partial charge in [-0.15, -0.1) is 0 Å². The van der Waals surface area contributed by atoms with E-state index in [1.54, 1.807) is 0 Å². The summed E-state index contributed by atoms with van der Waals surface area (Å²) >= 11 is 17.8. The number of para-hydroxylation sites is 1.